The minimum atomic E-state index is -0.775. The fraction of sp³-hybridized carbons (Fsp3) is 0.520. The molecule has 4 N–H and O–H groups in total. The number of aromatic nitrogens is 3. The Morgan fingerprint density at radius 1 is 1.00 bits per heavy atom. The van der Waals surface area contributed by atoms with Crippen LogP contribution in [0, 0.1) is 5.92 Å². The summed E-state index contributed by atoms with van der Waals surface area (Å²) in [6, 6.07) is 12.4. The van der Waals surface area contributed by atoms with Crippen molar-refractivity contribution >= 4 is 16.9 Å². The van der Waals surface area contributed by atoms with Crippen molar-refractivity contribution in [3.8, 4) is 0 Å². The molecule has 1 aromatic carbocycles. The van der Waals surface area contributed by atoms with Gasteiger partial charge in [0.15, 0.2) is 0 Å². The minimum Gasteiger partial charge on any atom is -0.390 e. The Bertz CT molecular complexity index is 977. The van der Waals surface area contributed by atoms with Gasteiger partial charge in [-0.05, 0) is 56.3 Å². The topological polar surface area (TPSA) is 95.2 Å². The Kier molecular flexibility index (Phi) is 7.73. The van der Waals surface area contributed by atoms with Crippen LogP contribution in [0.25, 0.3) is 11.0 Å². The summed E-state index contributed by atoms with van der Waals surface area (Å²) >= 11 is 0. The van der Waals surface area contributed by atoms with E-state index in [-0.39, 0.29) is 12.0 Å². The average Bonchev–Trinajstić information content (AvgIpc) is 3.37. The van der Waals surface area contributed by atoms with Crippen molar-refractivity contribution in [1.29, 1.82) is 0 Å². The molecular weight excluding hydrogens is 402 g/mol. The summed E-state index contributed by atoms with van der Waals surface area (Å²) in [6.45, 7) is 2.02. The van der Waals surface area contributed by atoms with Crippen LogP contribution in [0.2, 0.25) is 0 Å². The first-order chi connectivity index (χ1) is 15.7. The molecule has 1 aliphatic carbocycles. The van der Waals surface area contributed by atoms with Crippen LogP contribution >= 0.6 is 0 Å². The zero-order valence-corrected chi connectivity index (χ0v) is 18.8. The first-order valence-corrected chi connectivity index (χ1v) is 11.8. The Morgan fingerprint density at radius 3 is 2.66 bits per heavy atom. The fourth-order valence-corrected chi connectivity index (χ4v) is 4.94. The first kappa shape index (κ1) is 22.7. The second kappa shape index (κ2) is 10.9. The van der Waals surface area contributed by atoms with Gasteiger partial charge in [0, 0.05) is 13.2 Å². The molecule has 172 valence electrons. The summed E-state index contributed by atoms with van der Waals surface area (Å²) in [7, 11) is 1.84. The van der Waals surface area contributed by atoms with E-state index in [1.54, 1.807) is 0 Å². The first-order valence-electron chi connectivity index (χ1n) is 11.8. The molecule has 1 saturated carbocycles. The lowest BCUT2D eigenvalue weighted by molar-refractivity contribution is 0.00500. The highest BCUT2D eigenvalue weighted by molar-refractivity contribution is 5.87. The van der Waals surface area contributed by atoms with E-state index in [1.165, 1.54) is 11.9 Å². The predicted molar refractivity (Wildman–Crippen MR) is 128 cm³/mol. The summed E-state index contributed by atoms with van der Waals surface area (Å²) in [5.41, 5.74) is 2.16. The van der Waals surface area contributed by atoms with Crippen molar-refractivity contribution in [3.63, 3.8) is 0 Å². The van der Waals surface area contributed by atoms with Crippen molar-refractivity contribution in [2.24, 2.45) is 5.92 Å². The second-order valence-corrected chi connectivity index (χ2v) is 8.81. The zero-order valence-electron chi connectivity index (χ0n) is 18.8. The van der Waals surface area contributed by atoms with E-state index < -0.39 is 12.2 Å². The van der Waals surface area contributed by atoms with Gasteiger partial charge in [-0.25, -0.2) is 9.97 Å². The highest BCUT2D eigenvalue weighted by Crippen LogP contribution is 2.40. The molecule has 0 radical (unpaired) electrons. The van der Waals surface area contributed by atoms with Crippen molar-refractivity contribution in [2.45, 2.75) is 56.8 Å². The summed E-state index contributed by atoms with van der Waals surface area (Å²) < 4.78 is 2.00. The molecule has 0 aliphatic heterocycles. The Labute approximate surface area is 189 Å². The third-order valence-corrected chi connectivity index (χ3v) is 6.74. The van der Waals surface area contributed by atoms with Gasteiger partial charge in [0.1, 0.15) is 23.9 Å². The Morgan fingerprint density at radius 2 is 1.84 bits per heavy atom. The maximum atomic E-state index is 10.7. The second-order valence-electron chi connectivity index (χ2n) is 8.81. The van der Waals surface area contributed by atoms with Crippen LogP contribution in [0.4, 0.5) is 5.82 Å². The van der Waals surface area contributed by atoms with Gasteiger partial charge < -0.3 is 25.4 Å². The smallest absolute Gasteiger partial charge is 0.145 e. The van der Waals surface area contributed by atoms with Gasteiger partial charge in [0.2, 0.25) is 0 Å². The number of hydrogen-bond donors (Lipinski definition) is 4. The molecule has 7 nitrogen and oxygen atoms in total. The molecule has 0 amide bonds. The van der Waals surface area contributed by atoms with Crippen molar-refractivity contribution in [2.75, 3.05) is 25.5 Å². The molecular formula is C25H35N5O2. The zero-order chi connectivity index (χ0) is 22.3. The Hall–Kier alpha value is -2.48. The molecule has 0 spiro atoms. The van der Waals surface area contributed by atoms with E-state index in [1.807, 2.05) is 29.9 Å². The molecule has 2 aromatic heterocycles. The molecule has 1 fully saturated rings. The number of rotatable bonds is 11. The van der Waals surface area contributed by atoms with E-state index >= 15 is 0 Å². The van der Waals surface area contributed by atoms with Gasteiger partial charge in [-0.3, -0.25) is 0 Å². The lowest BCUT2D eigenvalue weighted by Crippen LogP contribution is -2.29. The van der Waals surface area contributed by atoms with Crippen molar-refractivity contribution in [1.82, 2.24) is 19.9 Å². The Balaban J connectivity index is 1.20. The SMILES string of the molecule is CNc1ncnc2c1ccn2[C@@H]1C[C@H](CCCCCNCCc2ccccc2)[C@@H](O)[C@H]1O. The molecule has 1 aliphatic rings. The standard InChI is InChI=1S/C25H35N5O2/c1-26-24-20-12-15-30(25(20)29-17-28-24)21-16-19(22(31)23(21)32)10-6-3-7-13-27-14-11-18-8-4-2-5-9-18/h2,4-5,8-9,12,15,17,19,21-23,27,31-32H,3,6-7,10-11,13-14,16H2,1H3,(H,26,28,29)/t19-,21+,22+,23-/m0/s1. The molecule has 4 atom stereocenters. The van der Waals surface area contributed by atoms with Gasteiger partial charge in [-0.1, -0.05) is 43.2 Å². The molecule has 7 heteroatoms. The highest BCUT2D eigenvalue weighted by atomic mass is 16.3. The molecule has 3 aromatic rings. The highest BCUT2D eigenvalue weighted by Gasteiger charge is 2.42. The van der Waals surface area contributed by atoms with E-state index in [4.69, 9.17) is 0 Å². The van der Waals surface area contributed by atoms with E-state index in [0.29, 0.717) is 0 Å². The quantitative estimate of drug-likeness (QED) is 0.344. The predicted octanol–water partition coefficient (Wildman–Crippen LogP) is 3.15. The van der Waals surface area contributed by atoms with Crippen molar-refractivity contribution < 1.29 is 10.2 Å². The fourth-order valence-electron chi connectivity index (χ4n) is 4.94. The van der Waals surface area contributed by atoms with Crippen LogP contribution < -0.4 is 10.6 Å². The van der Waals surface area contributed by atoms with E-state index in [2.05, 4.69) is 44.9 Å². The molecule has 0 saturated heterocycles. The van der Waals surface area contributed by atoms with Crippen LogP contribution in [-0.2, 0) is 6.42 Å². The minimum absolute atomic E-state index is 0.115. The molecule has 2 heterocycles. The van der Waals surface area contributed by atoms with Crippen LogP contribution in [0.15, 0.2) is 48.9 Å². The number of fused-ring (bicyclic) bond motifs is 1. The summed E-state index contributed by atoms with van der Waals surface area (Å²) in [5.74, 6) is 0.889. The van der Waals surface area contributed by atoms with Gasteiger partial charge in [0.25, 0.3) is 0 Å². The lowest BCUT2D eigenvalue weighted by Gasteiger charge is -2.19. The average molecular weight is 438 g/mol. The van der Waals surface area contributed by atoms with Crippen LogP contribution in [-0.4, -0.2) is 57.1 Å². The van der Waals surface area contributed by atoms with Gasteiger partial charge in [0.05, 0.1) is 17.5 Å². The lowest BCUT2D eigenvalue weighted by atomic mass is 9.97. The van der Waals surface area contributed by atoms with E-state index in [9.17, 15) is 10.2 Å². The number of benzene rings is 1. The van der Waals surface area contributed by atoms with Crippen LogP contribution in [0.5, 0.6) is 0 Å². The summed E-state index contributed by atoms with van der Waals surface area (Å²) in [5, 5.41) is 28.9. The number of unbranched alkanes of at least 4 members (excludes halogenated alkanes) is 2. The number of nitrogens with one attached hydrogen (secondary N) is 2. The molecule has 0 bridgehead atoms. The molecule has 0 unspecified atom stereocenters. The number of aliphatic hydroxyl groups is 2. The van der Waals surface area contributed by atoms with Gasteiger partial charge in [-0.15, -0.1) is 0 Å². The number of aliphatic hydroxyl groups excluding tert-OH is 2. The van der Waals surface area contributed by atoms with E-state index in [0.717, 1.165) is 68.5 Å². The van der Waals surface area contributed by atoms with Crippen LogP contribution in [0.3, 0.4) is 0 Å². The van der Waals surface area contributed by atoms with Crippen LogP contribution in [0.1, 0.15) is 43.7 Å². The van der Waals surface area contributed by atoms with Crippen molar-refractivity contribution in [3.05, 3.63) is 54.5 Å². The third-order valence-electron chi connectivity index (χ3n) is 6.74. The summed E-state index contributed by atoms with van der Waals surface area (Å²) in [4.78, 5) is 8.67. The number of anilines is 1. The summed E-state index contributed by atoms with van der Waals surface area (Å²) in [6.07, 6.45) is 8.12. The largest absolute Gasteiger partial charge is 0.390 e. The monoisotopic (exact) mass is 437 g/mol. The maximum absolute atomic E-state index is 10.7. The van der Waals surface area contributed by atoms with Gasteiger partial charge >= 0.3 is 0 Å². The van der Waals surface area contributed by atoms with Gasteiger partial charge in [-0.2, -0.15) is 0 Å². The molecule has 32 heavy (non-hydrogen) atoms. The number of hydrogen-bond acceptors (Lipinski definition) is 6. The maximum Gasteiger partial charge on any atom is 0.145 e. The molecule has 4 rings (SSSR count). The number of nitrogens with zero attached hydrogens (tertiary/aromatic N) is 3. The normalized spacial score (nSPS) is 23.1. The third kappa shape index (κ3) is 5.11.